The molecule has 2 aromatic rings. The van der Waals surface area contributed by atoms with Crippen molar-refractivity contribution in [1.82, 2.24) is 9.62 Å². The highest BCUT2D eigenvalue weighted by Crippen LogP contribution is 2.26. The molecule has 26 heavy (non-hydrogen) atoms. The first-order chi connectivity index (χ1) is 12.3. The summed E-state index contributed by atoms with van der Waals surface area (Å²) in [5.41, 5.74) is 3.60. The zero-order valence-corrected chi connectivity index (χ0v) is 15.9. The summed E-state index contributed by atoms with van der Waals surface area (Å²) in [5, 5.41) is 2.71. The number of nitrogens with one attached hydrogen (secondary N) is 2. The maximum absolute atomic E-state index is 12.7. The number of anilines is 1. The van der Waals surface area contributed by atoms with E-state index in [2.05, 4.69) is 10.0 Å². The van der Waals surface area contributed by atoms with Crippen LogP contribution < -0.4 is 10.0 Å². The second kappa shape index (κ2) is 7.19. The van der Waals surface area contributed by atoms with Gasteiger partial charge >= 0.3 is 0 Å². The quantitative estimate of drug-likeness (QED) is 0.813. The lowest BCUT2D eigenvalue weighted by Gasteiger charge is -2.25. The topological polar surface area (TPSA) is 78.5 Å². The zero-order chi connectivity index (χ0) is 18.9. The normalized spacial score (nSPS) is 15.0. The van der Waals surface area contributed by atoms with E-state index in [0.29, 0.717) is 11.3 Å². The van der Waals surface area contributed by atoms with E-state index in [1.807, 2.05) is 50.2 Å². The summed E-state index contributed by atoms with van der Waals surface area (Å²) in [6.45, 7) is 2.28. The lowest BCUT2D eigenvalue weighted by atomic mass is 10.0. The molecular weight excluding hydrogens is 350 g/mol. The molecule has 3 rings (SSSR count). The monoisotopic (exact) mass is 373 g/mol. The van der Waals surface area contributed by atoms with Gasteiger partial charge < -0.3 is 10.2 Å². The Bertz CT molecular complexity index is 922. The van der Waals surface area contributed by atoms with E-state index < -0.39 is 10.0 Å². The van der Waals surface area contributed by atoms with E-state index in [1.165, 1.54) is 6.07 Å². The van der Waals surface area contributed by atoms with Gasteiger partial charge in [-0.2, -0.15) is 0 Å². The van der Waals surface area contributed by atoms with Gasteiger partial charge in [-0.05, 0) is 50.3 Å². The summed E-state index contributed by atoms with van der Waals surface area (Å²) >= 11 is 0. The molecule has 2 N–H and O–H groups in total. The van der Waals surface area contributed by atoms with Gasteiger partial charge in [-0.3, -0.25) is 4.79 Å². The first-order valence-corrected chi connectivity index (χ1v) is 9.90. The number of amides is 1. The van der Waals surface area contributed by atoms with E-state index in [1.54, 1.807) is 12.1 Å². The zero-order valence-electron chi connectivity index (χ0n) is 15.1. The van der Waals surface area contributed by atoms with Crippen LogP contribution in [0.15, 0.2) is 47.4 Å². The maximum atomic E-state index is 12.7. The van der Waals surface area contributed by atoms with Gasteiger partial charge in [0, 0.05) is 18.3 Å². The molecule has 0 spiro atoms. The molecule has 1 aliphatic rings. The highest BCUT2D eigenvalue weighted by molar-refractivity contribution is 7.89. The third-order valence-corrected chi connectivity index (χ3v) is 5.99. The van der Waals surface area contributed by atoms with Crippen LogP contribution in [-0.4, -0.2) is 39.9 Å². The lowest BCUT2D eigenvalue weighted by Crippen LogP contribution is -2.34. The van der Waals surface area contributed by atoms with Crippen molar-refractivity contribution in [3.63, 3.8) is 0 Å². The molecular formula is C19H23N3O3S. The lowest BCUT2D eigenvalue weighted by molar-refractivity contribution is -0.115. The summed E-state index contributed by atoms with van der Waals surface area (Å²) in [4.78, 5) is 13.6. The van der Waals surface area contributed by atoms with Crippen LogP contribution in [-0.2, 0) is 21.2 Å². The van der Waals surface area contributed by atoms with E-state index in [4.69, 9.17) is 0 Å². The fourth-order valence-corrected chi connectivity index (χ4v) is 4.12. The molecule has 0 radical (unpaired) electrons. The number of benzene rings is 2. The first-order valence-electron chi connectivity index (χ1n) is 8.42. The Hall–Kier alpha value is -2.22. The molecule has 0 saturated heterocycles. The minimum atomic E-state index is -3.66. The van der Waals surface area contributed by atoms with Crippen molar-refractivity contribution in [1.29, 1.82) is 0 Å². The Morgan fingerprint density at radius 1 is 1.15 bits per heavy atom. The van der Waals surface area contributed by atoms with Crippen LogP contribution in [0.4, 0.5) is 5.69 Å². The van der Waals surface area contributed by atoms with Gasteiger partial charge in [0.15, 0.2) is 0 Å². The van der Waals surface area contributed by atoms with Gasteiger partial charge in [0.05, 0.1) is 11.3 Å². The maximum Gasteiger partial charge on any atom is 0.240 e. The van der Waals surface area contributed by atoms with Crippen LogP contribution in [0.3, 0.4) is 0 Å². The number of likely N-dealkylation sites (N-methyl/N-ethyl adjacent to an activating group) is 1. The highest BCUT2D eigenvalue weighted by atomic mass is 32.2. The smallest absolute Gasteiger partial charge is 0.240 e. The van der Waals surface area contributed by atoms with Crippen molar-refractivity contribution < 1.29 is 13.2 Å². The second-order valence-corrected chi connectivity index (χ2v) is 8.55. The summed E-state index contributed by atoms with van der Waals surface area (Å²) in [6.07, 6.45) is 0.211. The molecule has 1 heterocycles. The minimum absolute atomic E-state index is 0.0805. The molecule has 0 aromatic heterocycles. The van der Waals surface area contributed by atoms with Crippen LogP contribution in [0.25, 0.3) is 0 Å². The van der Waals surface area contributed by atoms with Crippen molar-refractivity contribution in [2.24, 2.45) is 0 Å². The predicted octanol–water partition coefficient (Wildman–Crippen LogP) is 2.07. The summed E-state index contributed by atoms with van der Waals surface area (Å²) in [7, 11) is 0.184. The summed E-state index contributed by atoms with van der Waals surface area (Å²) in [5.74, 6) is -0.116. The Labute approximate surface area is 154 Å². The Kier molecular flexibility index (Phi) is 5.13. The third-order valence-electron chi connectivity index (χ3n) is 4.56. The number of sulfonamides is 1. The number of rotatable bonds is 6. The van der Waals surface area contributed by atoms with Gasteiger partial charge in [-0.1, -0.05) is 29.8 Å². The largest absolute Gasteiger partial charge is 0.326 e. The predicted molar refractivity (Wildman–Crippen MR) is 102 cm³/mol. The number of nitrogens with zero attached hydrogens (tertiary/aromatic N) is 1. The number of carbonyl (C=O) groups is 1. The number of hydrogen-bond acceptors (Lipinski definition) is 4. The average molecular weight is 373 g/mol. The van der Waals surface area contributed by atoms with Crippen LogP contribution in [0, 0.1) is 6.92 Å². The fourth-order valence-electron chi connectivity index (χ4n) is 3.03. The highest BCUT2D eigenvalue weighted by Gasteiger charge is 2.23. The molecule has 0 bridgehead atoms. The van der Waals surface area contributed by atoms with Gasteiger partial charge in [-0.15, -0.1) is 0 Å². The molecule has 2 aromatic carbocycles. The molecule has 7 heteroatoms. The number of carbonyl (C=O) groups excluding carboxylic acids is 1. The second-order valence-electron chi connectivity index (χ2n) is 6.79. The van der Waals surface area contributed by atoms with E-state index in [9.17, 15) is 13.2 Å². The summed E-state index contributed by atoms with van der Waals surface area (Å²) in [6, 6.07) is 12.7. The molecule has 0 saturated carbocycles. The molecule has 0 aliphatic carbocycles. The summed E-state index contributed by atoms with van der Waals surface area (Å²) < 4.78 is 28.1. The Balaban J connectivity index is 1.77. The van der Waals surface area contributed by atoms with Crippen LogP contribution >= 0.6 is 0 Å². The Morgan fingerprint density at radius 2 is 1.85 bits per heavy atom. The third kappa shape index (κ3) is 3.95. The molecule has 1 unspecified atom stereocenters. The molecule has 1 aliphatic heterocycles. The van der Waals surface area contributed by atoms with Gasteiger partial charge in [0.2, 0.25) is 15.9 Å². The standard InChI is InChI=1S/C19H23N3O3S/c1-13-4-6-14(7-5-13)18(22(2)3)12-20-26(24,25)16-8-9-17-15(10-16)11-19(23)21-17/h4-10,18,20H,11-12H2,1-3H3,(H,21,23). The van der Waals surface area contributed by atoms with Gasteiger partial charge in [0.1, 0.15) is 0 Å². The van der Waals surface area contributed by atoms with E-state index in [0.717, 1.165) is 11.1 Å². The Morgan fingerprint density at radius 3 is 2.50 bits per heavy atom. The fraction of sp³-hybridized carbons (Fsp3) is 0.316. The molecule has 138 valence electrons. The van der Waals surface area contributed by atoms with Crippen molar-refractivity contribution >= 4 is 21.6 Å². The molecule has 0 fully saturated rings. The molecule has 1 atom stereocenters. The molecule has 6 nitrogen and oxygen atoms in total. The van der Waals surface area contributed by atoms with E-state index in [-0.39, 0.29) is 29.8 Å². The van der Waals surface area contributed by atoms with Crippen molar-refractivity contribution in [3.8, 4) is 0 Å². The van der Waals surface area contributed by atoms with Crippen LogP contribution in [0.1, 0.15) is 22.7 Å². The van der Waals surface area contributed by atoms with Crippen molar-refractivity contribution in [2.75, 3.05) is 26.0 Å². The SMILES string of the molecule is Cc1ccc(C(CNS(=O)(=O)c2ccc3c(c2)CC(=O)N3)N(C)C)cc1. The van der Waals surface area contributed by atoms with Gasteiger partial charge in [0.25, 0.3) is 0 Å². The van der Waals surface area contributed by atoms with E-state index >= 15 is 0 Å². The minimum Gasteiger partial charge on any atom is -0.326 e. The van der Waals surface area contributed by atoms with Crippen LogP contribution in [0.5, 0.6) is 0 Å². The first kappa shape index (κ1) is 18.6. The molecule has 1 amide bonds. The van der Waals surface area contributed by atoms with Crippen LogP contribution in [0.2, 0.25) is 0 Å². The van der Waals surface area contributed by atoms with Crippen molar-refractivity contribution in [3.05, 3.63) is 59.2 Å². The average Bonchev–Trinajstić information content (AvgIpc) is 2.95. The van der Waals surface area contributed by atoms with Crippen molar-refractivity contribution in [2.45, 2.75) is 24.3 Å². The number of aryl methyl sites for hydroxylation is 1. The number of hydrogen-bond donors (Lipinski definition) is 2. The number of fused-ring (bicyclic) bond motifs is 1. The van der Waals surface area contributed by atoms with Gasteiger partial charge in [-0.25, -0.2) is 13.1 Å².